The lowest BCUT2D eigenvalue weighted by Gasteiger charge is -2.14. The van der Waals surface area contributed by atoms with Crippen LogP contribution < -0.4 is 5.73 Å². The zero-order valence-electron chi connectivity index (χ0n) is 5.97. The lowest BCUT2D eigenvalue weighted by atomic mass is 9.98. The Morgan fingerprint density at radius 3 is 3.00 bits per heavy atom. The second kappa shape index (κ2) is 3.18. The van der Waals surface area contributed by atoms with Gasteiger partial charge in [-0.3, -0.25) is 0 Å². The van der Waals surface area contributed by atoms with Crippen molar-refractivity contribution in [2.75, 3.05) is 13.2 Å². The molecule has 2 atom stereocenters. The van der Waals surface area contributed by atoms with Crippen molar-refractivity contribution in [2.24, 2.45) is 11.7 Å². The molecular formula is C7H15NO. The van der Waals surface area contributed by atoms with Crippen molar-refractivity contribution in [3.8, 4) is 0 Å². The van der Waals surface area contributed by atoms with Crippen LogP contribution in [0.4, 0.5) is 0 Å². The Morgan fingerprint density at radius 1 is 1.78 bits per heavy atom. The molecule has 0 radical (unpaired) electrons. The summed E-state index contributed by atoms with van der Waals surface area (Å²) < 4.78 is 5.20. The van der Waals surface area contributed by atoms with Crippen molar-refractivity contribution >= 4 is 0 Å². The average molecular weight is 129 g/mol. The third-order valence-corrected chi connectivity index (χ3v) is 2.04. The monoisotopic (exact) mass is 129 g/mol. The number of nitrogens with two attached hydrogens (primary N) is 1. The first-order valence-electron chi connectivity index (χ1n) is 3.68. The van der Waals surface area contributed by atoms with Gasteiger partial charge in [0.05, 0.1) is 6.61 Å². The van der Waals surface area contributed by atoms with Crippen molar-refractivity contribution in [3.05, 3.63) is 0 Å². The Balaban J connectivity index is 2.24. The molecule has 0 aliphatic carbocycles. The van der Waals surface area contributed by atoms with Gasteiger partial charge in [-0.25, -0.2) is 0 Å². The molecule has 1 unspecified atom stereocenters. The zero-order chi connectivity index (χ0) is 6.69. The van der Waals surface area contributed by atoms with Crippen molar-refractivity contribution in [1.82, 2.24) is 0 Å². The van der Waals surface area contributed by atoms with E-state index in [1.807, 2.05) is 0 Å². The molecule has 2 nitrogen and oxygen atoms in total. The summed E-state index contributed by atoms with van der Waals surface area (Å²) in [6, 6.07) is 0.368. The van der Waals surface area contributed by atoms with E-state index >= 15 is 0 Å². The molecular weight excluding hydrogens is 114 g/mol. The molecule has 2 heteroatoms. The second-order valence-corrected chi connectivity index (χ2v) is 2.70. The lowest BCUT2D eigenvalue weighted by molar-refractivity contribution is 0.180. The van der Waals surface area contributed by atoms with Gasteiger partial charge in [-0.15, -0.1) is 0 Å². The van der Waals surface area contributed by atoms with Crippen LogP contribution in [0.1, 0.15) is 19.8 Å². The maximum Gasteiger partial charge on any atom is 0.0509 e. The first-order valence-corrected chi connectivity index (χ1v) is 3.68. The van der Waals surface area contributed by atoms with Crippen LogP contribution in [0, 0.1) is 5.92 Å². The van der Waals surface area contributed by atoms with E-state index in [-0.39, 0.29) is 0 Å². The van der Waals surface area contributed by atoms with E-state index in [1.54, 1.807) is 0 Å². The van der Waals surface area contributed by atoms with Crippen molar-refractivity contribution in [3.63, 3.8) is 0 Å². The first kappa shape index (κ1) is 7.03. The molecule has 1 fully saturated rings. The molecule has 0 aromatic rings. The van der Waals surface area contributed by atoms with E-state index in [4.69, 9.17) is 10.5 Å². The van der Waals surface area contributed by atoms with Gasteiger partial charge in [0.15, 0.2) is 0 Å². The standard InChI is InChI=1S/C7H15NO/c1-2-7(8)6-3-4-9-5-6/h6-7H,2-5,8H2,1H3/t6?,7-/m0/s1. The van der Waals surface area contributed by atoms with E-state index < -0.39 is 0 Å². The predicted octanol–water partition coefficient (Wildman–Crippen LogP) is 0.760. The van der Waals surface area contributed by atoms with Crippen molar-refractivity contribution in [1.29, 1.82) is 0 Å². The summed E-state index contributed by atoms with van der Waals surface area (Å²) >= 11 is 0. The molecule has 54 valence electrons. The smallest absolute Gasteiger partial charge is 0.0509 e. The fourth-order valence-electron chi connectivity index (χ4n) is 1.22. The highest BCUT2D eigenvalue weighted by Gasteiger charge is 2.20. The number of ether oxygens (including phenoxy) is 1. The molecule has 0 spiro atoms. The molecule has 2 N–H and O–H groups in total. The Morgan fingerprint density at radius 2 is 2.56 bits per heavy atom. The lowest BCUT2D eigenvalue weighted by Crippen LogP contribution is -2.29. The molecule has 1 aliphatic heterocycles. The topological polar surface area (TPSA) is 35.2 Å². The summed E-state index contributed by atoms with van der Waals surface area (Å²) in [5.41, 5.74) is 5.80. The van der Waals surface area contributed by atoms with Gasteiger partial charge in [0.2, 0.25) is 0 Å². The van der Waals surface area contributed by atoms with Gasteiger partial charge in [0, 0.05) is 12.6 Å². The van der Waals surface area contributed by atoms with Crippen LogP contribution in [0.2, 0.25) is 0 Å². The molecule has 1 aliphatic rings. The van der Waals surface area contributed by atoms with E-state index in [0.717, 1.165) is 26.1 Å². The van der Waals surface area contributed by atoms with E-state index in [1.165, 1.54) is 0 Å². The summed E-state index contributed by atoms with van der Waals surface area (Å²) in [5.74, 6) is 0.634. The molecule has 0 amide bonds. The summed E-state index contributed by atoms with van der Waals surface area (Å²) in [7, 11) is 0. The van der Waals surface area contributed by atoms with Crippen LogP contribution in [0.15, 0.2) is 0 Å². The van der Waals surface area contributed by atoms with Gasteiger partial charge in [-0.2, -0.15) is 0 Å². The molecule has 1 rings (SSSR count). The molecule has 0 aromatic carbocycles. The van der Waals surface area contributed by atoms with Gasteiger partial charge in [0.1, 0.15) is 0 Å². The summed E-state index contributed by atoms with van der Waals surface area (Å²) in [6.07, 6.45) is 2.24. The van der Waals surface area contributed by atoms with Gasteiger partial charge in [-0.05, 0) is 18.8 Å². The van der Waals surface area contributed by atoms with Crippen LogP contribution in [0.25, 0.3) is 0 Å². The minimum absolute atomic E-state index is 0.368. The van der Waals surface area contributed by atoms with E-state index in [0.29, 0.717) is 12.0 Å². The number of rotatable bonds is 2. The number of hydrogen-bond donors (Lipinski definition) is 1. The van der Waals surface area contributed by atoms with Gasteiger partial charge >= 0.3 is 0 Å². The molecule has 1 heterocycles. The SMILES string of the molecule is CC[C@H](N)C1CCOC1. The largest absolute Gasteiger partial charge is 0.381 e. The minimum atomic E-state index is 0.368. The second-order valence-electron chi connectivity index (χ2n) is 2.70. The maximum absolute atomic E-state index is 5.80. The van der Waals surface area contributed by atoms with Crippen LogP contribution in [0.3, 0.4) is 0 Å². The third kappa shape index (κ3) is 1.66. The molecule has 0 aromatic heterocycles. The van der Waals surface area contributed by atoms with E-state index in [9.17, 15) is 0 Å². The van der Waals surface area contributed by atoms with Crippen LogP contribution in [-0.2, 0) is 4.74 Å². The normalized spacial score (nSPS) is 30.7. The minimum Gasteiger partial charge on any atom is -0.381 e. The number of hydrogen-bond acceptors (Lipinski definition) is 2. The van der Waals surface area contributed by atoms with Crippen LogP contribution in [-0.4, -0.2) is 19.3 Å². The van der Waals surface area contributed by atoms with Gasteiger partial charge in [-0.1, -0.05) is 6.92 Å². The highest BCUT2D eigenvalue weighted by Crippen LogP contribution is 2.16. The summed E-state index contributed by atoms with van der Waals surface area (Å²) in [4.78, 5) is 0. The Bertz CT molecular complexity index is 79.0. The maximum atomic E-state index is 5.80. The Labute approximate surface area is 56.4 Å². The van der Waals surface area contributed by atoms with Gasteiger partial charge in [0.25, 0.3) is 0 Å². The molecule has 1 saturated heterocycles. The van der Waals surface area contributed by atoms with Gasteiger partial charge < -0.3 is 10.5 Å². The highest BCUT2D eigenvalue weighted by molar-refractivity contribution is 4.74. The molecule has 9 heavy (non-hydrogen) atoms. The van der Waals surface area contributed by atoms with Crippen molar-refractivity contribution in [2.45, 2.75) is 25.8 Å². The molecule has 0 bridgehead atoms. The fraction of sp³-hybridized carbons (Fsp3) is 1.00. The van der Waals surface area contributed by atoms with E-state index in [2.05, 4.69) is 6.92 Å². The quantitative estimate of drug-likeness (QED) is 0.597. The Kier molecular flexibility index (Phi) is 2.49. The van der Waals surface area contributed by atoms with Crippen LogP contribution in [0.5, 0.6) is 0 Å². The first-order chi connectivity index (χ1) is 4.34. The highest BCUT2D eigenvalue weighted by atomic mass is 16.5. The Hall–Kier alpha value is -0.0800. The predicted molar refractivity (Wildman–Crippen MR) is 37.2 cm³/mol. The average Bonchev–Trinajstić information content (AvgIpc) is 2.37. The third-order valence-electron chi connectivity index (χ3n) is 2.04. The zero-order valence-corrected chi connectivity index (χ0v) is 5.97. The molecule has 0 saturated carbocycles. The van der Waals surface area contributed by atoms with Crippen LogP contribution >= 0.6 is 0 Å². The summed E-state index contributed by atoms with van der Waals surface area (Å²) in [6.45, 7) is 3.93. The fourth-order valence-corrected chi connectivity index (χ4v) is 1.22. The summed E-state index contributed by atoms with van der Waals surface area (Å²) in [5, 5.41) is 0. The van der Waals surface area contributed by atoms with Crippen molar-refractivity contribution < 1.29 is 4.74 Å².